The van der Waals surface area contributed by atoms with Crippen LogP contribution in [-0.4, -0.2) is 40.8 Å². The number of rotatable bonds is 7. The van der Waals surface area contributed by atoms with Crippen molar-refractivity contribution in [3.05, 3.63) is 53.5 Å². The lowest BCUT2D eigenvalue weighted by atomic mass is 10.0. The number of esters is 1. The number of halogens is 5. The van der Waals surface area contributed by atoms with Crippen LogP contribution in [0.15, 0.2) is 17.7 Å². The standard InChI is InChI=1S/C14H9Cl2F3N2O9/c1-5(13(29-20(23)24)30-21(25)26)27-12(22)8-3-6-2-7(15)4-9(16)10(6)28-11(8)14(17,18)19/h2-5,11,13H,1H3. The smallest absolute Gasteiger partial charge is 0.430 e. The monoisotopic (exact) mass is 476 g/mol. The van der Waals surface area contributed by atoms with Crippen LogP contribution in [0.4, 0.5) is 13.2 Å². The summed E-state index contributed by atoms with van der Waals surface area (Å²) in [6, 6.07) is 2.30. The largest absolute Gasteiger partial charge is 0.474 e. The molecule has 0 aliphatic carbocycles. The molecule has 1 aromatic carbocycles. The molecule has 1 aromatic rings. The molecule has 0 saturated carbocycles. The fourth-order valence-corrected chi connectivity index (χ4v) is 2.85. The number of fused-ring (bicyclic) bond motifs is 1. The molecule has 1 heterocycles. The minimum absolute atomic E-state index is 0.0315. The van der Waals surface area contributed by atoms with Gasteiger partial charge in [-0.15, -0.1) is 20.2 Å². The van der Waals surface area contributed by atoms with Crippen molar-refractivity contribution in [2.75, 3.05) is 0 Å². The predicted octanol–water partition coefficient (Wildman–Crippen LogP) is 3.37. The Kier molecular flexibility index (Phi) is 6.82. The second-order valence-corrected chi connectivity index (χ2v) is 6.43. The number of carbonyl (C=O) groups is 1. The quantitative estimate of drug-likeness (QED) is 0.250. The topological polar surface area (TPSA) is 140 Å². The van der Waals surface area contributed by atoms with E-state index in [0.29, 0.717) is 0 Å². The highest BCUT2D eigenvalue weighted by Gasteiger charge is 2.49. The number of ether oxygens (including phenoxy) is 2. The van der Waals surface area contributed by atoms with E-state index in [-0.39, 0.29) is 21.4 Å². The Labute approximate surface area is 174 Å². The van der Waals surface area contributed by atoms with Gasteiger partial charge in [-0.25, -0.2) is 4.79 Å². The maximum Gasteiger partial charge on any atom is 0.430 e. The molecule has 0 saturated heterocycles. The fraction of sp³-hybridized carbons (Fsp3) is 0.357. The molecule has 0 fully saturated rings. The van der Waals surface area contributed by atoms with E-state index < -0.39 is 46.4 Å². The van der Waals surface area contributed by atoms with E-state index in [1.54, 1.807) is 0 Å². The van der Waals surface area contributed by atoms with Gasteiger partial charge < -0.3 is 9.47 Å². The molecule has 11 nitrogen and oxygen atoms in total. The lowest BCUT2D eigenvalue weighted by molar-refractivity contribution is -0.853. The molecule has 0 aromatic heterocycles. The van der Waals surface area contributed by atoms with Crippen LogP contribution in [0.2, 0.25) is 10.0 Å². The summed E-state index contributed by atoms with van der Waals surface area (Å²) in [5.41, 5.74) is -1.15. The van der Waals surface area contributed by atoms with E-state index in [4.69, 9.17) is 27.9 Å². The summed E-state index contributed by atoms with van der Waals surface area (Å²) in [6.45, 7) is 0.865. The Morgan fingerprint density at radius 3 is 2.27 bits per heavy atom. The summed E-state index contributed by atoms with van der Waals surface area (Å²) < 4.78 is 49.7. The highest BCUT2D eigenvalue weighted by atomic mass is 35.5. The number of nitrogens with zero attached hydrogens (tertiary/aromatic N) is 2. The van der Waals surface area contributed by atoms with Crippen LogP contribution in [0.5, 0.6) is 5.75 Å². The lowest BCUT2D eigenvalue weighted by Gasteiger charge is -2.29. The van der Waals surface area contributed by atoms with Crippen molar-refractivity contribution >= 4 is 35.2 Å². The Hall–Kier alpha value is -3.00. The predicted molar refractivity (Wildman–Crippen MR) is 90.4 cm³/mol. The van der Waals surface area contributed by atoms with E-state index >= 15 is 0 Å². The van der Waals surface area contributed by atoms with Crippen molar-refractivity contribution in [1.82, 2.24) is 0 Å². The van der Waals surface area contributed by atoms with E-state index in [2.05, 4.69) is 14.4 Å². The molecule has 16 heteroatoms. The van der Waals surface area contributed by atoms with E-state index in [1.807, 2.05) is 0 Å². The van der Waals surface area contributed by atoms with Crippen LogP contribution in [0.25, 0.3) is 6.08 Å². The Bertz CT molecular complexity index is 893. The average molecular weight is 477 g/mol. The summed E-state index contributed by atoms with van der Waals surface area (Å²) >= 11 is 11.6. The summed E-state index contributed by atoms with van der Waals surface area (Å²) in [4.78, 5) is 40.9. The molecule has 164 valence electrons. The van der Waals surface area contributed by atoms with Gasteiger partial charge in [0.15, 0.2) is 6.10 Å². The normalized spacial score (nSPS) is 16.6. The van der Waals surface area contributed by atoms with Crippen molar-refractivity contribution in [1.29, 1.82) is 0 Å². The van der Waals surface area contributed by atoms with Crippen molar-refractivity contribution < 1.29 is 47.3 Å². The molecule has 0 spiro atoms. The minimum atomic E-state index is -5.09. The first-order chi connectivity index (χ1) is 13.8. The number of carbonyl (C=O) groups excluding carboxylic acids is 1. The molecule has 0 radical (unpaired) electrons. The summed E-state index contributed by atoms with van der Waals surface area (Å²) in [6.07, 6.45) is -11.4. The van der Waals surface area contributed by atoms with Gasteiger partial charge in [0.2, 0.25) is 6.10 Å². The van der Waals surface area contributed by atoms with E-state index in [9.17, 15) is 38.2 Å². The molecule has 0 N–H and O–H groups in total. The highest BCUT2D eigenvalue weighted by molar-refractivity contribution is 6.36. The number of hydrogen-bond acceptors (Lipinski definition) is 9. The zero-order valence-electron chi connectivity index (χ0n) is 14.4. The Morgan fingerprint density at radius 1 is 1.20 bits per heavy atom. The summed E-state index contributed by atoms with van der Waals surface area (Å²) in [7, 11) is 0. The molecule has 1 aliphatic heterocycles. The summed E-state index contributed by atoms with van der Waals surface area (Å²) in [5.74, 6) is -2.05. The number of hydrogen-bond donors (Lipinski definition) is 0. The third-order valence-electron chi connectivity index (χ3n) is 3.46. The van der Waals surface area contributed by atoms with Crippen molar-refractivity contribution in [3.63, 3.8) is 0 Å². The van der Waals surface area contributed by atoms with Gasteiger partial charge in [0.25, 0.3) is 16.5 Å². The van der Waals surface area contributed by atoms with Crippen LogP contribution in [0, 0.1) is 20.2 Å². The second-order valence-electron chi connectivity index (χ2n) is 5.58. The maximum absolute atomic E-state index is 13.4. The van der Waals surface area contributed by atoms with Crippen LogP contribution >= 0.6 is 23.2 Å². The molecule has 2 rings (SSSR count). The molecule has 0 bridgehead atoms. The fourth-order valence-electron chi connectivity index (χ4n) is 2.30. The number of benzene rings is 1. The molecule has 2 unspecified atom stereocenters. The maximum atomic E-state index is 13.4. The third-order valence-corrected chi connectivity index (χ3v) is 3.95. The third kappa shape index (κ3) is 5.54. The van der Waals surface area contributed by atoms with Crippen molar-refractivity contribution in [3.8, 4) is 5.75 Å². The van der Waals surface area contributed by atoms with Crippen LogP contribution in [-0.2, 0) is 19.2 Å². The van der Waals surface area contributed by atoms with Crippen molar-refractivity contribution in [2.24, 2.45) is 0 Å². The second kappa shape index (κ2) is 8.79. The van der Waals surface area contributed by atoms with Gasteiger partial charge in [-0.2, -0.15) is 13.2 Å². The SMILES string of the molecule is CC(OC(=O)C1=Cc2cc(Cl)cc(Cl)c2OC1C(F)(F)F)C(O[N+](=O)[O-])O[N+](=O)[O-]. The van der Waals surface area contributed by atoms with Gasteiger partial charge in [-0.3, -0.25) is 9.68 Å². The zero-order chi connectivity index (χ0) is 22.8. The molecule has 30 heavy (non-hydrogen) atoms. The Morgan fingerprint density at radius 2 is 1.77 bits per heavy atom. The zero-order valence-corrected chi connectivity index (χ0v) is 15.9. The Balaban J connectivity index is 2.37. The van der Waals surface area contributed by atoms with Gasteiger partial charge in [0.05, 0.1) is 10.6 Å². The van der Waals surface area contributed by atoms with E-state index in [1.165, 1.54) is 6.07 Å². The molecular weight excluding hydrogens is 468 g/mol. The van der Waals surface area contributed by atoms with Gasteiger partial charge in [0, 0.05) is 10.6 Å². The minimum Gasteiger partial charge on any atom is -0.474 e. The van der Waals surface area contributed by atoms with Gasteiger partial charge in [-0.05, 0) is 25.1 Å². The van der Waals surface area contributed by atoms with Crippen LogP contribution in [0.3, 0.4) is 0 Å². The van der Waals surface area contributed by atoms with Crippen LogP contribution < -0.4 is 4.74 Å². The van der Waals surface area contributed by atoms with Gasteiger partial charge >= 0.3 is 12.1 Å². The van der Waals surface area contributed by atoms with Crippen LogP contribution in [0.1, 0.15) is 12.5 Å². The van der Waals surface area contributed by atoms with Gasteiger partial charge in [0.1, 0.15) is 5.75 Å². The molecular formula is C14H9Cl2F3N2O9. The highest BCUT2D eigenvalue weighted by Crippen LogP contribution is 2.42. The van der Waals surface area contributed by atoms with Gasteiger partial charge in [-0.1, -0.05) is 23.2 Å². The summed E-state index contributed by atoms with van der Waals surface area (Å²) in [5, 5.41) is 17.6. The average Bonchev–Trinajstić information content (AvgIpc) is 2.58. The molecule has 0 amide bonds. The molecule has 1 aliphatic rings. The van der Waals surface area contributed by atoms with E-state index in [0.717, 1.165) is 19.1 Å². The molecule has 2 atom stereocenters. The first-order valence-electron chi connectivity index (χ1n) is 7.57. The van der Waals surface area contributed by atoms with Crippen molar-refractivity contribution in [2.45, 2.75) is 31.6 Å². The first kappa shape index (κ1) is 23.3. The number of alkyl halides is 3. The lowest BCUT2D eigenvalue weighted by Crippen LogP contribution is -2.43. The first-order valence-corrected chi connectivity index (χ1v) is 8.32.